The minimum atomic E-state index is -0.863. The van der Waals surface area contributed by atoms with Crippen molar-refractivity contribution in [3.63, 3.8) is 0 Å². The Morgan fingerprint density at radius 1 is 1.39 bits per heavy atom. The molecule has 0 bridgehead atoms. The molecule has 100 valence electrons. The molecule has 1 unspecified atom stereocenters. The van der Waals surface area contributed by atoms with Gasteiger partial charge in [0, 0.05) is 6.54 Å². The summed E-state index contributed by atoms with van der Waals surface area (Å²) >= 11 is 0. The van der Waals surface area contributed by atoms with E-state index < -0.39 is 17.6 Å². The van der Waals surface area contributed by atoms with Crippen LogP contribution < -0.4 is 5.73 Å². The molecular formula is C14H22N2O2. The van der Waals surface area contributed by atoms with Crippen LogP contribution in [0.25, 0.3) is 0 Å². The summed E-state index contributed by atoms with van der Waals surface area (Å²) < 4.78 is 0. The van der Waals surface area contributed by atoms with Crippen LogP contribution in [0.1, 0.15) is 32.4 Å². The van der Waals surface area contributed by atoms with Crippen molar-refractivity contribution in [1.29, 1.82) is 0 Å². The van der Waals surface area contributed by atoms with Crippen LogP contribution >= 0.6 is 0 Å². The zero-order valence-corrected chi connectivity index (χ0v) is 11.3. The SMILES string of the molecule is CCN(CC(C)(C)O)C(C(N)=O)c1ccccc1. The zero-order chi connectivity index (χ0) is 13.8. The third kappa shape index (κ3) is 4.13. The third-order valence-corrected chi connectivity index (χ3v) is 2.75. The van der Waals surface area contributed by atoms with Crippen molar-refractivity contribution in [3.8, 4) is 0 Å². The van der Waals surface area contributed by atoms with Gasteiger partial charge >= 0.3 is 0 Å². The summed E-state index contributed by atoms with van der Waals surface area (Å²) in [6.45, 7) is 6.43. The van der Waals surface area contributed by atoms with E-state index in [-0.39, 0.29) is 0 Å². The Kier molecular flexibility index (Phi) is 4.87. The number of primary amides is 1. The van der Waals surface area contributed by atoms with E-state index >= 15 is 0 Å². The highest BCUT2D eigenvalue weighted by Gasteiger charge is 2.28. The number of hydrogen-bond acceptors (Lipinski definition) is 3. The molecule has 1 aromatic rings. The first kappa shape index (κ1) is 14.7. The first-order valence-corrected chi connectivity index (χ1v) is 6.16. The number of hydrogen-bond donors (Lipinski definition) is 2. The molecule has 0 saturated heterocycles. The van der Waals surface area contributed by atoms with Gasteiger partial charge in [-0.1, -0.05) is 37.3 Å². The molecule has 1 aromatic carbocycles. The molecule has 0 aromatic heterocycles. The topological polar surface area (TPSA) is 66.6 Å². The van der Waals surface area contributed by atoms with E-state index in [4.69, 9.17) is 5.73 Å². The van der Waals surface area contributed by atoms with Gasteiger partial charge in [-0.3, -0.25) is 9.69 Å². The van der Waals surface area contributed by atoms with Gasteiger partial charge in [0.2, 0.25) is 5.91 Å². The zero-order valence-electron chi connectivity index (χ0n) is 11.3. The van der Waals surface area contributed by atoms with Crippen molar-refractivity contribution in [2.45, 2.75) is 32.4 Å². The number of likely N-dealkylation sites (N-methyl/N-ethyl adjacent to an activating group) is 1. The first-order chi connectivity index (χ1) is 8.35. The van der Waals surface area contributed by atoms with Gasteiger partial charge in [0.15, 0.2) is 0 Å². The molecule has 0 aliphatic heterocycles. The van der Waals surface area contributed by atoms with Gasteiger partial charge in [0.25, 0.3) is 0 Å². The van der Waals surface area contributed by atoms with Crippen LogP contribution in [0.3, 0.4) is 0 Å². The highest BCUT2D eigenvalue weighted by Crippen LogP contribution is 2.22. The van der Waals surface area contributed by atoms with Crippen molar-refractivity contribution < 1.29 is 9.90 Å². The maximum atomic E-state index is 11.7. The monoisotopic (exact) mass is 250 g/mol. The summed E-state index contributed by atoms with van der Waals surface area (Å²) in [6, 6.07) is 8.91. The first-order valence-electron chi connectivity index (χ1n) is 6.16. The molecule has 0 fully saturated rings. The van der Waals surface area contributed by atoms with Gasteiger partial charge in [0.1, 0.15) is 6.04 Å². The lowest BCUT2D eigenvalue weighted by molar-refractivity contribution is -0.124. The number of amides is 1. The molecule has 0 spiro atoms. The summed E-state index contributed by atoms with van der Waals surface area (Å²) in [7, 11) is 0. The normalized spacial score (nSPS) is 13.6. The standard InChI is InChI=1S/C14H22N2O2/c1-4-16(10-14(2,3)18)12(13(15)17)11-8-6-5-7-9-11/h5-9,12,18H,4,10H2,1-3H3,(H2,15,17). The maximum Gasteiger partial charge on any atom is 0.239 e. The second-order valence-corrected chi connectivity index (χ2v) is 5.09. The molecule has 0 saturated carbocycles. The predicted octanol–water partition coefficient (Wildman–Crippen LogP) is 1.31. The number of carbonyl (C=O) groups excluding carboxylic acids is 1. The summed E-state index contributed by atoms with van der Waals surface area (Å²) in [5.74, 6) is -0.396. The summed E-state index contributed by atoms with van der Waals surface area (Å²) in [6.07, 6.45) is 0. The summed E-state index contributed by atoms with van der Waals surface area (Å²) in [5.41, 5.74) is 5.50. The molecule has 1 atom stereocenters. The Hall–Kier alpha value is -1.39. The van der Waals surface area contributed by atoms with Crippen molar-refractivity contribution >= 4 is 5.91 Å². The Labute approximate surface area is 108 Å². The fourth-order valence-corrected chi connectivity index (χ4v) is 2.07. The summed E-state index contributed by atoms with van der Waals surface area (Å²) in [5, 5.41) is 9.90. The second kappa shape index (κ2) is 5.98. The molecule has 1 amide bonds. The van der Waals surface area contributed by atoms with Crippen LogP contribution in [0.5, 0.6) is 0 Å². The largest absolute Gasteiger partial charge is 0.389 e. The lowest BCUT2D eigenvalue weighted by Gasteiger charge is -2.33. The average molecular weight is 250 g/mol. The fraction of sp³-hybridized carbons (Fsp3) is 0.500. The lowest BCUT2D eigenvalue weighted by atomic mass is 10.0. The van der Waals surface area contributed by atoms with E-state index in [2.05, 4.69) is 0 Å². The molecule has 4 nitrogen and oxygen atoms in total. The van der Waals surface area contributed by atoms with Crippen LogP contribution in [0.4, 0.5) is 0 Å². The maximum absolute atomic E-state index is 11.7. The Bertz CT molecular complexity index is 385. The predicted molar refractivity (Wildman–Crippen MR) is 71.9 cm³/mol. The number of rotatable bonds is 6. The number of aliphatic hydroxyl groups is 1. The molecule has 1 rings (SSSR count). The van der Waals surface area contributed by atoms with Gasteiger partial charge in [-0.25, -0.2) is 0 Å². The molecule has 0 aliphatic rings. The molecule has 18 heavy (non-hydrogen) atoms. The molecule has 0 aliphatic carbocycles. The van der Waals surface area contributed by atoms with E-state index in [1.807, 2.05) is 42.2 Å². The highest BCUT2D eigenvalue weighted by atomic mass is 16.3. The minimum Gasteiger partial charge on any atom is -0.389 e. The number of benzene rings is 1. The Morgan fingerprint density at radius 3 is 2.33 bits per heavy atom. The average Bonchev–Trinajstić information content (AvgIpc) is 2.27. The Balaban J connectivity index is 3.00. The molecule has 4 heteroatoms. The molecule has 0 radical (unpaired) electrons. The fourth-order valence-electron chi connectivity index (χ4n) is 2.07. The van der Waals surface area contributed by atoms with E-state index in [1.54, 1.807) is 13.8 Å². The van der Waals surface area contributed by atoms with E-state index in [0.717, 1.165) is 5.56 Å². The van der Waals surface area contributed by atoms with Crippen LogP contribution in [-0.2, 0) is 4.79 Å². The van der Waals surface area contributed by atoms with Crippen molar-refractivity contribution in [1.82, 2.24) is 4.90 Å². The lowest BCUT2D eigenvalue weighted by Crippen LogP contribution is -2.45. The van der Waals surface area contributed by atoms with E-state index in [0.29, 0.717) is 13.1 Å². The van der Waals surface area contributed by atoms with Gasteiger partial charge in [0.05, 0.1) is 5.60 Å². The van der Waals surface area contributed by atoms with Crippen molar-refractivity contribution in [2.24, 2.45) is 5.73 Å². The van der Waals surface area contributed by atoms with Gasteiger partial charge in [-0.15, -0.1) is 0 Å². The molecule has 0 heterocycles. The van der Waals surface area contributed by atoms with Gasteiger partial charge in [-0.05, 0) is 26.0 Å². The smallest absolute Gasteiger partial charge is 0.239 e. The van der Waals surface area contributed by atoms with Crippen LogP contribution in [0, 0.1) is 0 Å². The quantitative estimate of drug-likeness (QED) is 0.800. The molecule has 3 N–H and O–H groups in total. The van der Waals surface area contributed by atoms with Crippen LogP contribution in [-0.4, -0.2) is 34.6 Å². The van der Waals surface area contributed by atoms with Gasteiger partial charge in [-0.2, -0.15) is 0 Å². The second-order valence-electron chi connectivity index (χ2n) is 5.09. The van der Waals surface area contributed by atoms with Crippen molar-refractivity contribution in [3.05, 3.63) is 35.9 Å². The van der Waals surface area contributed by atoms with E-state index in [1.165, 1.54) is 0 Å². The Morgan fingerprint density at radius 2 is 1.94 bits per heavy atom. The van der Waals surface area contributed by atoms with Crippen molar-refractivity contribution in [2.75, 3.05) is 13.1 Å². The number of nitrogens with two attached hydrogens (primary N) is 1. The molecular weight excluding hydrogens is 228 g/mol. The van der Waals surface area contributed by atoms with Crippen LogP contribution in [0.2, 0.25) is 0 Å². The van der Waals surface area contributed by atoms with E-state index in [9.17, 15) is 9.90 Å². The highest BCUT2D eigenvalue weighted by molar-refractivity contribution is 5.81. The number of carbonyl (C=O) groups is 1. The summed E-state index contributed by atoms with van der Waals surface area (Å²) in [4.78, 5) is 13.6. The third-order valence-electron chi connectivity index (χ3n) is 2.75. The number of nitrogens with zero attached hydrogens (tertiary/aromatic N) is 1. The van der Waals surface area contributed by atoms with Gasteiger partial charge < -0.3 is 10.8 Å². The minimum absolute atomic E-state index is 0.395. The van der Waals surface area contributed by atoms with Crippen LogP contribution in [0.15, 0.2) is 30.3 Å².